The van der Waals surface area contributed by atoms with E-state index in [9.17, 15) is 0 Å². The van der Waals surface area contributed by atoms with E-state index >= 15 is 0 Å². The lowest BCUT2D eigenvalue weighted by Gasteiger charge is -2.10. The number of nitrogens with zero attached hydrogens (tertiary/aromatic N) is 1. The van der Waals surface area contributed by atoms with E-state index < -0.39 is 0 Å². The average Bonchev–Trinajstić information content (AvgIpc) is 2.84. The molecule has 3 rings (SSSR count). The van der Waals surface area contributed by atoms with Gasteiger partial charge in [0.1, 0.15) is 0 Å². The fourth-order valence-corrected chi connectivity index (χ4v) is 2.91. The summed E-state index contributed by atoms with van der Waals surface area (Å²) in [5.74, 6) is 0.708. The van der Waals surface area contributed by atoms with Crippen molar-refractivity contribution < 1.29 is 0 Å². The largest absolute Gasteiger partial charge is 0.361 e. The summed E-state index contributed by atoms with van der Waals surface area (Å²) in [4.78, 5) is 5.82. The number of aryl methyl sites for hydroxylation is 1. The predicted octanol–water partition coefficient (Wildman–Crippen LogP) is 2.90. The van der Waals surface area contributed by atoms with Gasteiger partial charge in [-0.3, -0.25) is 0 Å². The Morgan fingerprint density at radius 1 is 1.38 bits per heavy atom. The van der Waals surface area contributed by atoms with Gasteiger partial charge in [0.15, 0.2) is 0 Å². The highest BCUT2D eigenvalue weighted by Crippen LogP contribution is 2.33. The van der Waals surface area contributed by atoms with Crippen molar-refractivity contribution in [1.29, 1.82) is 0 Å². The van der Waals surface area contributed by atoms with Crippen molar-refractivity contribution in [3.63, 3.8) is 0 Å². The van der Waals surface area contributed by atoms with Crippen LogP contribution in [0.2, 0.25) is 0 Å². The molecule has 0 amide bonds. The van der Waals surface area contributed by atoms with Crippen LogP contribution in [-0.2, 0) is 0 Å². The number of benzene rings is 1. The molecule has 0 aliphatic carbocycles. The summed E-state index contributed by atoms with van der Waals surface area (Å²) in [5, 5.41) is 1.45. The Kier molecular flexibility index (Phi) is 2.25. The van der Waals surface area contributed by atoms with Crippen LogP contribution in [0.25, 0.3) is 10.9 Å². The SMILES string of the molecule is Cc1cccc2[nH]cc([C@H]3CCN(C)C3)c12. The van der Waals surface area contributed by atoms with E-state index in [1.807, 2.05) is 0 Å². The maximum atomic E-state index is 3.40. The van der Waals surface area contributed by atoms with Crippen LogP contribution in [0.5, 0.6) is 0 Å². The third-order valence-corrected chi connectivity index (χ3v) is 3.78. The van der Waals surface area contributed by atoms with Crippen LogP contribution in [0.3, 0.4) is 0 Å². The lowest BCUT2D eigenvalue weighted by Crippen LogP contribution is -2.13. The molecule has 0 saturated carbocycles. The van der Waals surface area contributed by atoms with Gasteiger partial charge in [0.2, 0.25) is 0 Å². The number of nitrogens with one attached hydrogen (secondary N) is 1. The summed E-state index contributed by atoms with van der Waals surface area (Å²) in [5.41, 5.74) is 4.19. The van der Waals surface area contributed by atoms with E-state index in [1.54, 1.807) is 0 Å². The van der Waals surface area contributed by atoms with E-state index in [2.05, 4.69) is 48.3 Å². The van der Waals surface area contributed by atoms with E-state index in [4.69, 9.17) is 0 Å². The number of likely N-dealkylation sites (N-methyl/N-ethyl adjacent to an activating group) is 1. The first kappa shape index (κ1) is 9.91. The molecule has 1 atom stereocenters. The van der Waals surface area contributed by atoms with Crippen LogP contribution in [0, 0.1) is 6.92 Å². The van der Waals surface area contributed by atoms with Crippen LogP contribution < -0.4 is 0 Å². The van der Waals surface area contributed by atoms with E-state index in [-0.39, 0.29) is 0 Å². The molecule has 1 N–H and O–H groups in total. The second-order valence-corrected chi connectivity index (χ2v) is 4.99. The molecule has 0 bridgehead atoms. The quantitative estimate of drug-likeness (QED) is 0.773. The van der Waals surface area contributed by atoms with Crippen molar-refractivity contribution in [1.82, 2.24) is 9.88 Å². The van der Waals surface area contributed by atoms with Gasteiger partial charge in [-0.1, -0.05) is 12.1 Å². The molecule has 84 valence electrons. The smallest absolute Gasteiger partial charge is 0.0459 e. The maximum Gasteiger partial charge on any atom is 0.0459 e. The molecule has 2 heteroatoms. The molecule has 1 aliphatic heterocycles. The van der Waals surface area contributed by atoms with Crippen LogP contribution in [-0.4, -0.2) is 30.0 Å². The first-order valence-electron chi connectivity index (χ1n) is 6.01. The average molecular weight is 214 g/mol. The molecule has 2 aromatic rings. The number of aromatic amines is 1. The molecule has 2 heterocycles. The lowest BCUT2D eigenvalue weighted by atomic mass is 9.96. The number of H-pyrrole nitrogens is 1. The minimum atomic E-state index is 0.708. The molecular weight excluding hydrogens is 196 g/mol. The second kappa shape index (κ2) is 3.63. The fourth-order valence-electron chi connectivity index (χ4n) is 2.91. The highest BCUT2D eigenvalue weighted by atomic mass is 15.1. The van der Waals surface area contributed by atoms with Crippen LogP contribution in [0.4, 0.5) is 0 Å². The zero-order chi connectivity index (χ0) is 11.1. The van der Waals surface area contributed by atoms with E-state index in [0.29, 0.717) is 5.92 Å². The molecule has 0 unspecified atom stereocenters. The summed E-state index contributed by atoms with van der Waals surface area (Å²) >= 11 is 0. The van der Waals surface area contributed by atoms with Crippen LogP contribution >= 0.6 is 0 Å². The predicted molar refractivity (Wildman–Crippen MR) is 67.9 cm³/mol. The Hall–Kier alpha value is -1.28. The van der Waals surface area contributed by atoms with Crippen molar-refractivity contribution in [3.05, 3.63) is 35.5 Å². The fraction of sp³-hybridized carbons (Fsp3) is 0.429. The molecule has 0 radical (unpaired) electrons. The summed E-state index contributed by atoms with van der Waals surface area (Å²) < 4.78 is 0. The molecule has 0 spiro atoms. The zero-order valence-electron chi connectivity index (χ0n) is 9.96. The van der Waals surface area contributed by atoms with Gasteiger partial charge in [-0.05, 0) is 50.0 Å². The first-order valence-corrected chi connectivity index (χ1v) is 6.01. The van der Waals surface area contributed by atoms with E-state index in [1.165, 1.54) is 41.5 Å². The molecule has 1 aromatic heterocycles. The first-order chi connectivity index (χ1) is 7.75. The summed E-state index contributed by atoms with van der Waals surface area (Å²) in [6.07, 6.45) is 3.50. The molecule has 1 saturated heterocycles. The van der Waals surface area contributed by atoms with Gasteiger partial charge >= 0.3 is 0 Å². The molecule has 2 nitrogen and oxygen atoms in total. The highest BCUT2D eigenvalue weighted by molar-refractivity contribution is 5.87. The minimum Gasteiger partial charge on any atom is -0.361 e. The number of aromatic nitrogens is 1. The number of hydrogen-bond donors (Lipinski definition) is 1. The molecular formula is C14H18N2. The summed E-state index contributed by atoms with van der Waals surface area (Å²) in [6, 6.07) is 6.50. The number of fused-ring (bicyclic) bond motifs is 1. The minimum absolute atomic E-state index is 0.708. The lowest BCUT2D eigenvalue weighted by molar-refractivity contribution is 0.412. The summed E-state index contributed by atoms with van der Waals surface area (Å²) in [7, 11) is 2.21. The normalized spacial score (nSPS) is 22.0. The molecule has 1 aliphatic rings. The molecule has 1 fully saturated rings. The Balaban J connectivity index is 2.10. The zero-order valence-corrected chi connectivity index (χ0v) is 9.96. The van der Waals surface area contributed by atoms with Crippen molar-refractivity contribution in [2.45, 2.75) is 19.3 Å². The van der Waals surface area contributed by atoms with Gasteiger partial charge < -0.3 is 9.88 Å². The molecule has 16 heavy (non-hydrogen) atoms. The number of hydrogen-bond acceptors (Lipinski definition) is 1. The molecule has 1 aromatic carbocycles. The number of likely N-dealkylation sites (tertiary alicyclic amines) is 1. The standard InChI is InChI=1S/C14H18N2/c1-10-4-3-5-13-14(10)12(8-15-13)11-6-7-16(2)9-11/h3-5,8,11,15H,6-7,9H2,1-2H3/t11-/m0/s1. The van der Waals surface area contributed by atoms with Crippen molar-refractivity contribution in [3.8, 4) is 0 Å². The van der Waals surface area contributed by atoms with E-state index in [0.717, 1.165) is 0 Å². The number of rotatable bonds is 1. The second-order valence-electron chi connectivity index (χ2n) is 4.99. The van der Waals surface area contributed by atoms with Crippen molar-refractivity contribution >= 4 is 10.9 Å². The maximum absolute atomic E-state index is 3.40. The third-order valence-electron chi connectivity index (χ3n) is 3.78. The third kappa shape index (κ3) is 1.45. The van der Waals surface area contributed by atoms with Crippen molar-refractivity contribution in [2.24, 2.45) is 0 Å². The van der Waals surface area contributed by atoms with Gasteiger partial charge in [0.05, 0.1) is 0 Å². The van der Waals surface area contributed by atoms with Crippen LogP contribution in [0.15, 0.2) is 24.4 Å². The summed E-state index contributed by atoms with van der Waals surface area (Å²) in [6.45, 7) is 4.63. The van der Waals surface area contributed by atoms with Gasteiger partial charge in [-0.15, -0.1) is 0 Å². The Bertz CT molecular complexity index is 512. The van der Waals surface area contributed by atoms with Gasteiger partial charge in [-0.25, -0.2) is 0 Å². The Morgan fingerprint density at radius 3 is 3.00 bits per heavy atom. The van der Waals surface area contributed by atoms with Gasteiger partial charge in [0, 0.05) is 23.6 Å². The Labute approximate surface area is 96.3 Å². The van der Waals surface area contributed by atoms with Crippen LogP contribution in [0.1, 0.15) is 23.5 Å². The van der Waals surface area contributed by atoms with Gasteiger partial charge in [0.25, 0.3) is 0 Å². The topological polar surface area (TPSA) is 19.0 Å². The highest BCUT2D eigenvalue weighted by Gasteiger charge is 2.23. The van der Waals surface area contributed by atoms with Gasteiger partial charge in [-0.2, -0.15) is 0 Å². The monoisotopic (exact) mass is 214 g/mol. The Morgan fingerprint density at radius 2 is 2.25 bits per heavy atom. The van der Waals surface area contributed by atoms with Crippen molar-refractivity contribution in [2.75, 3.05) is 20.1 Å².